The summed E-state index contributed by atoms with van der Waals surface area (Å²) in [6.45, 7) is 4.26. The minimum absolute atomic E-state index is 0.415. The Bertz CT molecular complexity index is 91.0. The molecule has 11 heavy (non-hydrogen) atoms. The van der Waals surface area contributed by atoms with Gasteiger partial charge in [0.25, 0.3) is 0 Å². The van der Waals surface area contributed by atoms with Gasteiger partial charge in [0.1, 0.15) is 0 Å². The van der Waals surface area contributed by atoms with Crippen LogP contribution in [0.2, 0.25) is 0 Å². The van der Waals surface area contributed by atoms with Gasteiger partial charge in [-0.15, -0.1) is 0 Å². The Labute approximate surface area is 70.1 Å². The van der Waals surface area contributed by atoms with Gasteiger partial charge in [0, 0.05) is 0 Å². The van der Waals surface area contributed by atoms with Crippen LogP contribution < -0.4 is 0 Å². The molecule has 0 spiro atoms. The second-order valence-electron chi connectivity index (χ2n) is 3.80. The van der Waals surface area contributed by atoms with E-state index in [4.69, 9.17) is 4.74 Å². The first-order chi connectivity index (χ1) is 5.29. The van der Waals surface area contributed by atoms with E-state index in [1.807, 2.05) is 0 Å². The molecule has 1 aliphatic rings. The van der Waals surface area contributed by atoms with Crippen molar-refractivity contribution in [3.05, 3.63) is 0 Å². The lowest BCUT2D eigenvalue weighted by molar-refractivity contribution is 0.0000244. The molecule has 0 aromatic heterocycles. The molecule has 0 N–H and O–H groups in total. The molecule has 66 valence electrons. The van der Waals surface area contributed by atoms with Gasteiger partial charge in [-0.1, -0.05) is 25.7 Å². The van der Waals surface area contributed by atoms with E-state index in [0.717, 1.165) is 0 Å². The Morgan fingerprint density at radius 1 is 1.00 bits per heavy atom. The monoisotopic (exact) mass is 156 g/mol. The zero-order valence-corrected chi connectivity index (χ0v) is 7.81. The van der Waals surface area contributed by atoms with E-state index in [1.54, 1.807) is 0 Å². The van der Waals surface area contributed by atoms with Crippen molar-refractivity contribution in [3.63, 3.8) is 0 Å². The van der Waals surface area contributed by atoms with Crippen molar-refractivity contribution in [2.24, 2.45) is 0 Å². The van der Waals surface area contributed by atoms with Crippen LogP contribution in [-0.4, -0.2) is 12.2 Å². The first-order valence-corrected chi connectivity index (χ1v) is 4.94. The van der Waals surface area contributed by atoms with Crippen molar-refractivity contribution < 1.29 is 4.74 Å². The summed E-state index contributed by atoms with van der Waals surface area (Å²) in [5.41, 5.74) is 0. The summed E-state index contributed by atoms with van der Waals surface area (Å²) in [4.78, 5) is 0. The van der Waals surface area contributed by atoms with Crippen LogP contribution in [0.1, 0.15) is 52.4 Å². The zero-order valence-electron chi connectivity index (χ0n) is 7.81. The summed E-state index contributed by atoms with van der Waals surface area (Å²) in [5.74, 6) is 0. The molecule has 0 unspecified atom stereocenters. The van der Waals surface area contributed by atoms with Crippen molar-refractivity contribution in [2.45, 2.75) is 64.6 Å². The van der Waals surface area contributed by atoms with E-state index in [0.29, 0.717) is 12.2 Å². The smallest absolute Gasteiger partial charge is 0.0578 e. The molecule has 1 fully saturated rings. The highest BCUT2D eigenvalue weighted by atomic mass is 16.5. The third kappa shape index (κ3) is 3.76. The van der Waals surface area contributed by atoms with E-state index < -0.39 is 0 Å². The number of hydrogen-bond donors (Lipinski definition) is 0. The molecular formula is C10H20O. The third-order valence-corrected chi connectivity index (χ3v) is 2.27. The Kier molecular flexibility index (Phi) is 3.92. The van der Waals surface area contributed by atoms with Gasteiger partial charge in [-0.05, 0) is 26.7 Å². The van der Waals surface area contributed by atoms with Gasteiger partial charge in [-0.25, -0.2) is 0 Å². The predicted molar refractivity (Wildman–Crippen MR) is 47.7 cm³/mol. The second-order valence-corrected chi connectivity index (χ2v) is 3.80. The van der Waals surface area contributed by atoms with Crippen molar-refractivity contribution in [1.29, 1.82) is 0 Å². The summed E-state index contributed by atoms with van der Waals surface area (Å²) in [6, 6.07) is 0. The van der Waals surface area contributed by atoms with Crippen LogP contribution in [0.3, 0.4) is 0 Å². The van der Waals surface area contributed by atoms with Gasteiger partial charge in [-0.2, -0.15) is 0 Å². The molecule has 1 nitrogen and oxygen atoms in total. The topological polar surface area (TPSA) is 9.23 Å². The van der Waals surface area contributed by atoms with Crippen molar-refractivity contribution in [2.75, 3.05) is 0 Å². The molecule has 0 aromatic carbocycles. The molecule has 1 heteroatoms. The van der Waals surface area contributed by atoms with E-state index in [2.05, 4.69) is 13.8 Å². The molecular weight excluding hydrogens is 136 g/mol. The highest BCUT2D eigenvalue weighted by Gasteiger charge is 2.13. The van der Waals surface area contributed by atoms with Crippen LogP contribution in [0, 0.1) is 0 Å². The van der Waals surface area contributed by atoms with E-state index in [-0.39, 0.29) is 0 Å². The predicted octanol–water partition coefficient (Wildman–Crippen LogP) is 3.13. The van der Waals surface area contributed by atoms with Crippen molar-refractivity contribution >= 4 is 0 Å². The lowest BCUT2D eigenvalue weighted by Gasteiger charge is -2.17. The maximum absolute atomic E-state index is 5.77. The quantitative estimate of drug-likeness (QED) is 0.558. The van der Waals surface area contributed by atoms with Gasteiger partial charge in [0.05, 0.1) is 12.2 Å². The maximum atomic E-state index is 5.77. The minimum atomic E-state index is 0.415. The molecule has 0 bridgehead atoms. The van der Waals surface area contributed by atoms with Crippen LogP contribution in [-0.2, 0) is 4.74 Å². The summed E-state index contributed by atoms with van der Waals surface area (Å²) >= 11 is 0. The lowest BCUT2D eigenvalue weighted by atomic mass is 10.1. The minimum Gasteiger partial charge on any atom is -0.376 e. The zero-order chi connectivity index (χ0) is 8.10. The average Bonchev–Trinajstić information content (AvgIpc) is 2.14. The van der Waals surface area contributed by atoms with Crippen molar-refractivity contribution in [3.8, 4) is 0 Å². The van der Waals surface area contributed by atoms with Crippen LogP contribution in [0.15, 0.2) is 0 Å². The molecule has 0 atom stereocenters. The van der Waals surface area contributed by atoms with Gasteiger partial charge >= 0.3 is 0 Å². The first-order valence-electron chi connectivity index (χ1n) is 4.94. The highest BCUT2D eigenvalue weighted by Crippen LogP contribution is 2.20. The fourth-order valence-electron chi connectivity index (χ4n) is 1.76. The third-order valence-electron chi connectivity index (χ3n) is 2.27. The second kappa shape index (κ2) is 4.76. The van der Waals surface area contributed by atoms with Crippen LogP contribution in [0.4, 0.5) is 0 Å². The summed E-state index contributed by atoms with van der Waals surface area (Å²) < 4.78 is 5.77. The van der Waals surface area contributed by atoms with Gasteiger partial charge in [-0.3, -0.25) is 0 Å². The fraction of sp³-hybridized carbons (Fsp3) is 1.00. The Morgan fingerprint density at radius 3 is 2.00 bits per heavy atom. The van der Waals surface area contributed by atoms with Gasteiger partial charge in [0.2, 0.25) is 0 Å². The van der Waals surface area contributed by atoms with Crippen LogP contribution in [0.5, 0.6) is 0 Å². The van der Waals surface area contributed by atoms with E-state index >= 15 is 0 Å². The first kappa shape index (κ1) is 9.05. The Morgan fingerprint density at radius 2 is 1.55 bits per heavy atom. The highest BCUT2D eigenvalue weighted by molar-refractivity contribution is 4.64. The number of ether oxygens (including phenoxy) is 1. The number of hydrogen-bond acceptors (Lipinski definition) is 1. The summed E-state index contributed by atoms with van der Waals surface area (Å²) in [7, 11) is 0. The summed E-state index contributed by atoms with van der Waals surface area (Å²) in [6.07, 6.45) is 9.14. The maximum Gasteiger partial charge on any atom is 0.0578 e. The van der Waals surface area contributed by atoms with Gasteiger partial charge in [0.15, 0.2) is 0 Å². The van der Waals surface area contributed by atoms with Crippen LogP contribution in [0.25, 0.3) is 0 Å². The van der Waals surface area contributed by atoms with E-state index in [9.17, 15) is 0 Å². The Hall–Kier alpha value is -0.0400. The lowest BCUT2D eigenvalue weighted by Crippen LogP contribution is -2.16. The largest absolute Gasteiger partial charge is 0.376 e. The summed E-state index contributed by atoms with van der Waals surface area (Å²) in [5, 5.41) is 0. The molecule has 1 saturated carbocycles. The fourth-order valence-corrected chi connectivity index (χ4v) is 1.76. The molecule has 0 heterocycles. The molecule has 0 amide bonds. The molecule has 0 radical (unpaired) electrons. The number of rotatable bonds is 2. The molecule has 0 aliphatic heterocycles. The Balaban J connectivity index is 2.20. The van der Waals surface area contributed by atoms with Crippen LogP contribution >= 0.6 is 0 Å². The molecule has 1 aliphatic carbocycles. The molecule has 0 aromatic rings. The standard InChI is InChI=1S/C10H20O/c1-9(2)11-10-7-5-3-4-6-8-10/h9-10H,3-8H2,1-2H3. The van der Waals surface area contributed by atoms with Crippen molar-refractivity contribution in [1.82, 2.24) is 0 Å². The normalized spacial score (nSPS) is 22.1. The van der Waals surface area contributed by atoms with E-state index in [1.165, 1.54) is 38.5 Å². The molecule has 0 saturated heterocycles. The average molecular weight is 156 g/mol. The SMILES string of the molecule is CC(C)OC1CCCCCC1. The molecule has 1 rings (SSSR count). The van der Waals surface area contributed by atoms with Gasteiger partial charge < -0.3 is 4.74 Å².